The number of nitrogen functional groups attached to an aromatic ring is 1. The fourth-order valence-electron chi connectivity index (χ4n) is 1.70. The molecule has 0 bridgehead atoms. The molecule has 4 N–H and O–H groups in total. The summed E-state index contributed by atoms with van der Waals surface area (Å²) in [5.41, 5.74) is 7.33. The molecule has 2 rings (SSSR count). The molecule has 0 saturated carbocycles. The topological polar surface area (TPSA) is 110 Å². The monoisotopic (exact) mass is 295 g/mol. The van der Waals surface area contributed by atoms with E-state index in [9.17, 15) is 8.42 Å². The second-order valence-corrected chi connectivity index (χ2v) is 6.23. The van der Waals surface area contributed by atoms with Crippen LogP contribution >= 0.6 is 0 Å². The molecule has 7 nitrogen and oxygen atoms in total. The highest BCUT2D eigenvalue weighted by atomic mass is 32.2. The van der Waals surface area contributed by atoms with E-state index in [1.165, 1.54) is 0 Å². The Bertz CT molecular complexity index is 702. The molecule has 2 aromatic rings. The molecule has 0 saturated heterocycles. The van der Waals surface area contributed by atoms with Gasteiger partial charge in [-0.1, -0.05) is 12.1 Å². The summed E-state index contributed by atoms with van der Waals surface area (Å²) in [6, 6.07) is 7.46. The molecule has 20 heavy (non-hydrogen) atoms. The lowest BCUT2D eigenvalue weighted by Gasteiger charge is -2.09. The molecule has 0 aliphatic rings. The van der Waals surface area contributed by atoms with Crippen LogP contribution in [-0.2, 0) is 10.0 Å². The number of hydrogen-bond acceptors (Lipinski definition) is 6. The fraction of sp³-hybridized carbons (Fsp3) is 0.333. The number of para-hydroxylation sites is 2. The van der Waals surface area contributed by atoms with Crippen LogP contribution in [-0.4, -0.2) is 37.7 Å². The molecule has 0 atom stereocenters. The first-order chi connectivity index (χ1) is 9.46. The summed E-state index contributed by atoms with van der Waals surface area (Å²) in [6.45, 7) is 0.923. The second kappa shape index (κ2) is 6.02. The van der Waals surface area contributed by atoms with Gasteiger partial charge in [0.2, 0.25) is 10.0 Å². The van der Waals surface area contributed by atoms with Crippen molar-refractivity contribution >= 4 is 32.7 Å². The second-order valence-electron chi connectivity index (χ2n) is 4.39. The molecule has 0 aliphatic carbocycles. The number of rotatable bonds is 6. The molecular formula is C12H17N5O2S. The van der Waals surface area contributed by atoms with E-state index in [1.807, 2.05) is 24.3 Å². The maximum atomic E-state index is 10.9. The van der Waals surface area contributed by atoms with Gasteiger partial charge >= 0.3 is 0 Å². The predicted molar refractivity (Wildman–Crippen MR) is 79.9 cm³/mol. The maximum Gasteiger partial charge on any atom is 0.208 e. The van der Waals surface area contributed by atoms with E-state index in [-0.39, 0.29) is 0 Å². The van der Waals surface area contributed by atoms with E-state index in [0.29, 0.717) is 31.1 Å². The zero-order chi connectivity index (χ0) is 14.6. The third kappa shape index (κ3) is 4.04. The van der Waals surface area contributed by atoms with E-state index >= 15 is 0 Å². The lowest BCUT2D eigenvalue weighted by atomic mass is 10.3. The number of hydrogen-bond donors (Lipinski definition) is 3. The van der Waals surface area contributed by atoms with Crippen LogP contribution in [0.15, 0.2) is 24.3 Å². The first-order valence-corrected chi connectivity index (χ1v) is 8.05. The lowest BCUT2D eigenvalue weighted by Crippen LogP contribution is -2.24. The van der Waals surface area contributed by atoms with Gasteiger partial charge < -0.3 is 11.1 Å². The van der Waals surface area contributed by atoms with Gasteiger partial charge in [0.1, 0.15) is 0 Å². The van der Waals surface area contributed by atoms with E-state index in [0.717, 1.165) is 17.3 Å². The lowest BCUT2D eigenvalue weighted by molar-refractivity contribution is 0.586. The maximum absolute atomic E-state index is 10.9. The van der Waals surface area contributed by atoms with E-state index in [4.69, 9.17) is 5.73 Å². The zero-order valence-electron chi connectivity index (χ0n) is 11.1. The fourth-order valence-corrected chi connectivity index (χ4v) is 2.21. The molecule has 1 heterocycles. The Morgan fingerprint density at radius 2 is 1.80 bits per heavy atom. The van der Waals surface area contributed by atoms with Crippen LogP contribution in [0.5, 0.6) is 0 Å². The molecule has 1 aromatic carbocycles. The number of anilines is 2. The molecular weight excluding hydrogens is 278 g/mol. The number of nitrogens with zero attached hydrogens (tertiary/aromatic N) is 2. The molecule has 1 aromatic heterocycles. The zero-order valence-corrected chi connectivity index (χ0v) is 11.9. The SMILES string of the molecule is CS(=O)(=O)NCCCNc1nc2ccccc2nc1N. The van der Waals surface area contributed by atoms with Crippen LogP contribution in [0.3, 0.4) is 0 Å². The summed E-state index contributed by atoms with van der Waals surface area (Å²) in [5, 5.41) is 3.06. The molecule has 0 amide bonds. The van der Waals surface area contributed by atoms with Crippen molar-refractivity contribution < 1.29 is 8.42 Å². The minimum Gasteiger partial charge on any atom is -0.381 e. The highest BCUT2D eigenvalue weighted by molar-refractivity contribution is 7.88. The molecule has 0 unspecified atom stereocenters. The number of aromatic nitrogens is 2. The molecule has 0 aliphatic heterocycles. The quantitative estimate of drug-likeness (QED) is 0.672. The molecule has 0 fully saturated rings. The Morgan fingerprint density at radius 1 is 1.15 bits per heavy atom. The summed E-state index contributed by atoms with van der Waals surface area (Å²) in [7, 11) is -3.14. The number of benzene rings is 1. The van der Waals surface area contributed by atoms with E-state index < -0.39 is 10.0 Å². The van der Waals surface area contributed by atoms with Crippen molar-refractivity contribution in [2.75, 3.05) is 30.4 Å². The number of fused-ring (bicyclic) bond motifs is 1. The van der Waals surface area contributed by atoms with Gasteiger partial charge in [-0.15, -0.1) is 0 Å². The number of sulfonamides is 1. The van der Waals surface area contributed by atoms with Crippen molar-refractivity contribution in [2.24, 2.45) is 0 Å². The summed E-state index contributed by atoms with van der Waals surface area (Å²) in [4.78, 5) is 8.64. The summed E-state index contributed by atoms with van der Waals surface area (Å²) >= 11 is 0. The first-order valence-electron chi connectivity index (χ1n) is 6.16. The summed E-state index contributed by atoms with van der Waals surface area (Å²) in [5.74, 6) is 0.850. The van der Waals surface area contributed by atoms with Gasteiger partial charge in [-0.05, 0) is 18.6 Å². The van der Waals surface area contributed by atoms with Crippen LogP contribution in [0.2, 0.25) is 0 Å². The van der Waals surface area contributed by atoms with Crippen molar-refractivity contribution in [2.45, 2.75) is 6.42 Å². The van der Waals surface area contributed by atoms with Crippen LogP contribution in [0.1, 0.15) is 6.42 Å². The molecule has 0 radical (unpaired) electrons. The Balaban J connectivity index is 1.94. The molecule has 8 heteroatoms. The first kappa shape index (κ1) is 14.5. The molecule has 108 valence electrons. The van der Waals surface area contributed by atoms with Crippen molar-refractivity contribution in [1.82, 2.24) is 14.7 Å². The van der Waals surface area contributed by atoms with E-state index in [1.54, 1.807) is 0 Å². The van der Waals surface area contributed by atoms with Crippen LogP contribution in [0.25, 0.3) is 11.0 Å². The van der Waals surface area contributed by atoms with Crippen molar-refractivity contribution in [3.05, 3.63) is 24.3 Å². The van der Waals surface area contributed by atoms with Gasteiger partial charge in [-0.25, -0.2) is 23.1 Å². The molecule has 0 spiro atoms. The van der Waals surface area contributed by atoms with Crippen molar-refractivity contribution in [3.8, 4) is 0 Å². The predicted octanol–water partition coefficient (Wildman–Crippen LogP) is 0.563. The minimum atomic E-state index is -3.14. The average Bonchev–Trinajstić information content (AvgIpc) is 2.37. The third-order valence-corrected chi connectivity index (χ3v) is 3.34. The highest BCUT2D eigenvalue weighted by Gasteiger charge is 2.05. The Morgan fingerprint density at radius 3 is 2.45 bits per heavy atom. The number of nitrogens with two attached hydrogens (primary N) is 1. The largest absolute Gasteiger partial charge is 0.381 e. The standard InChI is InChI=1S/C12H17N5O2S/c1-20(18,19)15-8-4-7-14-12-11(13)16-9-5-2-3-6-10(9)17-12/h2-3,5-6,15H,4,7-8H2,1H3,(H2,13,16)(H,14,17). The number of nitrogens with one attached hydrogen (secondary N) is 2. The summed E-state index contributed by atoms with van der Waals surface area (Å²) < 4.78 is 24.2. The van der Waals surface area contributed by atoms with Gasteiger partial charge in [0.15, 0.2) is 11.6 Å². The Labute approximate surface area is 117 Å². The van der Waals surface area contributed by atoms with Crippen molar-refractivity contribution in [3.63, 3.8) is 0 Å². The van der Waals surface area contributed by atoms with Gasteiger partial charge in [0.05, 0.1) is 17.3 Å². The van der Waals surface area contributed by atoms with Crippen LogP contribution in [0, 0.1) is 0 Å². The Hall–Kier alpha value is -1.93. The van der Waals surface area contributed by atoms with Crippen LogP contribution < -0.4 is 15.8 Å². The van der Waals surface area contributed by atoms with Gasteiger partial charge in [-0.2, -0.15) is 0 Å². The van der Waals surface area contributed by atoms with Gasteiger partial charge in [0.25, 0.3) is 0 Å². The summed E-state index contributed by atoms with van der Waals surface area (Å²) in [6.07, 6.45) is 1.76. The smallest absolute Gasteiger partial charge is 0.208 e. The highest BCUT2D eigenvalue weighted by Crippen LogP contribution is 2.17. The van der Waals surface area contributed by atoms with E-state index in [2.05, 4.69) is 20.0 Å². The minimum absolute atomic E-state index is 0.333. The van der Waals surface area contributed by atoms with Gasteiger partial charge in [0, 0.05) is 13.1 Å². The van der Waals surface area contributed by atoms with Crippen LogP contribution in [0.4, 0.5) is 11.6 Å². The normalized spacial score (nSPS) is 11.7. The van der Waals surface area contributed by atoms with Crippen molar-refractivity contribution in [1.29, 1.82) is 0 Å². The third-order valence-electron chi connectivity index (χ3n) is 2.61. The Kier molecular flexibility index (Phi) is 4.35. The average molecular weight is 295 g/mol. The van der Waals surface area contributed by atoms with Gasteiger partial charge in [-0.3, -0.25) is 0 Å².